The number of nitrogens with zero attached hydrogens (tertiary/aromatic N) is 2. The normalized spacial score (nSPS) is 18.1. The number of rotatable bonds is 11. The molecule has 1 amide bonds. The Bertz CT molecular complexity index is 1170. The molecule has 0 bridgehead atoms. The van der Waals surface area contributed by atoms with Crippen LogP contribution in [0.4, 0.5) is 4.39 Å². The molecule has 1 unspecified atom stereocenters. The summed E-state index contributed by atoms with van der Waals surface area (Å²) in [6.45, 7) is 2.43. The molecule has 0 spiro atoms. The van der Waals surface area contributed by atoms with E-state index in [0.29, 0.717) is 25.3 Å². The Kier molecular flexibility index (Phi) is 11.2. The summed E-state index contributed by atoms with van der Waals surface area (Å²) in [6.07, 6.45) is 9.91. The molecular weight excluding hydrogens is 491 g/mol. The zero-order valence-corrected chi connectivity index (χ0v) is 21.4. The molecule has 2 aliphatic rings. The molecule has 1 heterocycles. The van der Waals surface area contributed by atoms with Gasteiger partial charge in [0.2, 0.25) is 11.7 Å². The SMILES string of the molecule is CC(CO)C(=O)N1CC=C(C(=O)O)OC(=C(C=NCCOCc2ccccc2)CC2=CC=C(F)CC=C2)C1. The summed E-state index contributed by atoms with van der Waals surface area (Å²) in [5, 5.41) is 19.1. The zero-order chi connectivity index (χ0) is 27.3. The predicted octanol–water partition coefficient (Wildman–Crippen LogP) is 4.11. The zero-order valence-electron chi connectivity index (χ0n) is 21.4. The average molecular weight is 525 g/mol. The number of carbonyl (C=O) groups is 2. The molecule has 0 aromatic heterocycles. The monoisotopic (exact) mass is 524 g/mol. The van der Waals surface area contributed by atoms with Crippen molar-refractivity contribution < 1.29 is 33.7 Å². The molecule has 0 saturated carbocycles. The molecule has 1 aliphatic heterocycles. The van der Waals surface area contributed by atoms with Crippen molar-refractivity contribution in [3.63, 3.8) is 0 Å². The van der Waals surface area contributed by atoms with E-state index in [1.807, 2.05) is 30.3 Å². The van der Waals surface area contributed by atoms with Crippen molar-refractivity contribution in [2.45, 2.75) is 26.4 Å². The maximum Gasteiger partial charge on any atom is 0.371 e. The van der Waals surface area contributed by atoms with Gasteiger partial charge in [-0.3, -0.25) is 9.79 Å². The van der Waals surface area contributed by atoms with Crippen LogP contribution in [0.15, 0.2) is 94.2 Å². The molecule has 9 heteroatoms. The Labute approximate surface area is 221 Å². The number of aliphatic hydroxyl groups is 1. The van der Waals surface area contributed by atoms with Crippen molar-refractivity contribution in [2.24, 2.45) is 10.9 Å². The number of carboxylic acids is 1. The van der Waals surface area contributed by atoms with Crippen LogP contribution in [0.1, 0.15) is 25.3 Å². The second kappa shape index (κ2) is 14.8. The summed E-state index contributed by atoms with van der Waals surface area (Å²) >= 11 is 0. The van der Waals surface area contributed by atoms with Crippen molar-refractivity contribution in [1.82, 2.24) is 4.90 Å². The van der Waals surface area contributed by atoms with E-state index in [-0.39, 0.29) is 55.8 Å². The van der Waals surface area contributed by atoms with Gasteiger partial charge in [-0.05, 0) is 23.3 Å². The number of aliphatic hydroxyl groups excluding tert-OH is 1. The quantitative estimate of drug-likeness (QED) is 0.333. The topological polar surface area (TPSA) is 109 Å². The van der Waals surface area contributed by atoms with Gasteiger partial charge in [-0.25, -0.2) is 9.18 Å². The summed E-state index contributed by atoms with van der Waals surface area (Å²) in [5.41, 5.74) is 2.36. The standard InChI is InChI=1S/C29H33FN2O6/c1-21(19-33)28(34)32-14-12-26(29(35)36)38-27(18-32)24(16-22-8-5-9-25(30)11-10-22)17-31-13-15-37-20-23-6-3-2-4-7-23/h2-8,10-12,17,21,33H,9,13-16,18-20H2,1H3,(H,35,36). The van der Waals surface area contributed by atoms with Gasteiger partial charge in [0.15, 0.2) is 0 Å². The number of aliphatic imine (C=N–C) groups is 1. The molecule has 2 N–H and O–H groups in total. The highest BCUT2D eigenvalue weighted by molar-refractivity contribution is 5.86. The number of carbonyl (C=O) groups excluding carboxylic acids is 1. The van der Waals surface area contributed by atoms with Crippen LogP contribution < -0.4 is 0 Å². The van der Waals surface area contributed by atoms with Crippen molar-refractivity contribution >= 4 is 18.1 Å². The predicted molar refractivity (Wildman–Crippen MR) is 142 cm³/mol. The van der Waals surface area contributed by atoms with E-state index in [1.165, 1.54) is 17.1 Å². The summed E-state index contributed by atoms with van der Waals surface area (Å²) in [6, 6.07) is 9.76. The number of allylic oxidation sites excluding steroid dienone is 7. The fourth-order valence-electron chi connectivity index (χ4n) is 3.75. The van der Waals surface area contributed by atoms with Crippen LogP contribution in [0.2, 0.25) is 0 Å². The van der Waals surface area contributed by atoms with Crippen LogP contribution >= 0.6 is 0 Å². The van der Waals surface area contributed by atoms with Crippen LogP contribution in [-0.2, 0) is 25.7 Å². The number of carboxylic acid groups (broad SMARTS) is 1. The van der Waals surface area contributed by atoms with Crippen LogP contribution in [-0.4, -0.2) is 66.1 Å². The Hall–Kier alpha value is -3.82. The van der Waals surface area contributed by atoms with Crippen LogP contribution in [0.25, 0.3) is 0 Å². The minimum atomic E-state index is -1.27. The van der Waals surface area contributed by atoms with Crippen LogP contribution in [0, 0.1) is 5.92 Å². The summed E-state index contributed by atoms with van der Waals surface area (Å²) in [5.74, 6) is -2.59. The van der Waals surface area contributed by atoms with Crippen molar-refractivity contribution in [1.29, 1.82) is 0 Å². The van der Waals surface area contributed by atoms with E-state index in [1.54, 1.807) is 31.4 Å². The van der Waals surface area contributed by atoms with E-state index < -0.39 is 11.9 Å². The molecule has 38 heavy (non-hydrogen) atoms. The minimum absolute atomic E-state index is 0.0104. The van der Waals surface area contributed by atoms with Gasteiger partial charge in [0, 0.05) is 31.2 Å². The van der Waals surface area contributed by atoms with Gasteiger partial charge in [-0.1, -0.05) is 55.5 Å². The lowest BCUT2D eigenvalue weighted by Crippen LogP contribution is -2.37. The third-order valence-corrected chi connectivity index (χ3v) is 5.88. The smallest absolute Gasteiger partial charge is 0.371 e. The van der Waals surface area contributed by atoms with Gasteiger partial charge in [0.1, 0.15) is 11.6 Å². The van der Waals surface area contributed by atoms with Gasteiger partial charge in [0.05, 0.1) is 38.8 Å². The number of benzene rings is 1. The summed E-state index contributed by atoms with van der Waals surface area (Å²) < 4.78 is 25.2. The van der Waals surface area contributed by atoms with E-state index in [9.17, 15) is 24.2 Å². The van der Waals surface area contributed by atoms with Crippen molar-refractivity contribution in [3.8, 4) is 0 Å². The Morgan fingerprint density at radius 2 is 2.05 bits per heavy atom. The van der Waals surface area contributed by atoms with Crippen molar-refractivity contribution in [2.75, 3.05) is 32.8 Å². The lowest BCUT2D eigenvalue weighted by molar-refractivity contribution is -0.136. The molecule has 0 fully saturated rings. The third-order valence-electron chi connectivity index (χ3n) is 5.88. The van der Waals surface area contributed by atoms with Gasteiger partial charge in [0.25, 0.3) is 0 Å². The second-order valence-electron chi connectivity index (χ2n) is 8.94. The molecule has 1 aromatic carbocycles. The molecule has 1 atom stereocenters. The molecule has 202 valence electrons. The molecule has 1 aromatic rings. The lowest BCUT2D eigenvalue weighted by Gasteiger charge is -2.23. The minimum Gasteiger partial charge on any atom is -0.475 e. The van der Waals surface area contributed by atoms with Gasteiger partial charge in [-0.15, -0.1) is 0 Å². The highest BCUT2D eigenvalue weighted by atomic mass is 19.1. The van der Waals surface area contributed by atoms with Crippen molar-refractivity contribution in [3.05, 3.63) is 94.8 Å². The number of halogens is 1. The number of aliphatic carboxylic acids is 1. The van der Waals surface area contributed by atoms with Gasteiger partial charge in [-0.2, -0.15) is 0 Å². The second-order valence-corrected chi connectivity index (χ2v) is 8.94. The molecule has 8 nitrogen and oxygen atoms in total. The molecule has 1 aliphatic carbocycles. The average Bonchev–Trinajstić information content (AvgIpc) is 3.28. The Balaban J connectivity index is 1.85. The first-order valence-corrected chi connectivity index (χ1v) is 12.4. The largest absolute Gasteiger partial charge is 0.475 e. The maximum atomic E-state index is 13.7. The first-order valence-electron chi connectivity index (χ1n) is 12.4. The lowest BCUT2D eigenvalue weighted by atomic mass is 10.0. The fraction of sp³-hybridized carbons (Fsp3) is 0.345. The van der Waals surface area contributed by atoms with Crippen LogP contribution in [0.3, 0.4) is 0 Å². The highest BCUT2D eigenvalue weighted by Crippen LogP contribution is 2.24. The summed E-state index contributed by atoms with van der Waals surface area (Å²) in [4.78, 5) is 30.5. The number of hydrogen-bond donors (Lipinski definition) is 2. The van der Waals surface area contributed by atoms with E-state index in [2.05, 4.69) is 4.99 Å². The first-order chi connectivity index (χ1) is 18.4. The summed E-state index contributed by atoms with van der Waals surface area (Å²) in [7, 11) is 0. The highest BCUT2D eigenvalue weighted by Gasteiger charge is 2.27. The molecular formula is C29H33FN2O6. The van der Waals surface area contributed by atoms with Gasteiger partial charge < -0.3 is 24.6 Å². The maximum absolute atomic E-state index is 13.7. The van der Waals surface area contributed by atoms with E-state index in [0.717, 1.165) is 11.1 Å². The number of ether oxygens (including phenoxy) is 2. The molecule has 0 radical (unpaired) electrons. The van der Waals surface area contributed by atoms with E-state index >= 15 is 0 Å². The first kappa shape index (κ1) is 28.7. The molecule has 3 rings (SSSR count). The van der Waals surface area contributed by atoms with Gasteiger partial charge >= 0.3 is 5.97 Å². The Morgan fingerprint density at radius 1 is 1.26 bits per heavy atom. The Morgan fingerprint density at radius 3 is 2.79 bits per heavy atom. The van der Waals surface area contributed by atoms with E-state index in [4.69, 9.17) is 9.47 Å². The number of hydrogen-bond acceptors (Lipinski definition) is 6. The number of amides is 1. The fourth-order valence-corrected chi connectivity index (χ4v) is 3.75. The van der Waals surface area contributed by atoms with Crippen LogP contribution in [0.5, 0.6) is 0 Å². The third kappa shape index (κ3) is 8.93. The molecule has 0 saturated heterocycles.